The standard InChI is InChI=1S/C19H24FN3/c1-6-22(4)13-21-18-11-16(20)12-19(15(18)3)23(5)17-9-7-8-14(2)10-17/h7-13H,6H2,1-5H3. The van der Waals surface area contributed by atoms with E-state index >= 15 is 0 Å². The fraction of sp³-hybridized carbons (Fsp3) is 0.316. The number of nitrogens with zero attached hydrogens (tertiary/aromatic N) is 3. The maximum atomic E-state index is 14.1. The highest BCUT2D eigenvalue weighted by Gasteiger charge is 2.12. The van der Waals surface area contributed by atoms with Crippen LogP contribution in [0, 0.1) is 19.7 Å². The summed E-state index contributed by atoms with van der Waals surface area (Å²) >= 11 is 0. The fourth-order valence-electron chi connectivity index (χ4n) is 2.35. The molecule has 0 N–H and O–H groups in total. The van der Waals surface area contributed by atoms with Crippen molar-refractivity contribution in [3.63, 3.8) is 0 Å². The van der Waals surface area contributed by atoms with E-state index in [4.69, 9.17) is 0 Å². The Kier molecular flexibility index (Phi) is 5.37. The van der Waals surface area contributed by atoms with Gasteiger partial charge in [-0.25, -0.2) is 9.38 Å². The Balaban J connectivity index is 2.43. The molecule has 0 fully saturated rings. The average Bonchev–Trinajstić information content (AvgIpc) is 2.54. The molecular formula is C19H24FN3. The van der Waals surface area contributed by atoms with Gasteiger partial charge in [-0.3, -0.25) is 0 Å². The summed E-state index contributed by atoms with van der Waals surface area (Å²) in [7, 11) is 3.89. The Morgan fingerprint density at radius 2 is 1.87 bits per heavy atom. The lowest BCUT2D eigenvalue weighted by atomic mass is 10.1. The highest BCUT2D eigenvalue weighted by molar-refractivity contribution is 5.73. The van der Waals surface area contributed by atoms with E-state index in [1.807, 2.05) is 62.9 Å². The van der Waals surface area contributed by atoms with Crippen LogP contribution >= 0.6 is 0 Å². The van der Waals surface area contributed by atoms with Gasteiger partial charge in [0, 0.05) is 32.0 Å². The second-order valence-electron chi connectivity index (χ2n) is 5.78. The number of aryl methyl sites for hydroxylation is 1. The Labute approximate surface area is 138 Å². The van der Waals surface area contributed by atoms with Crippen LogP contribution in [0.3, 0.4) is 0 Å². The minimum atomic E-state index is -0.281. The summed E-state index contributed by atoms with van der Waals surface area (Å²) in [5.41, 5.74) is 4.63. The third-order valence-electron chi connectivity index (χ3n) is 3.96. The zero-order valence-corrected chi connectivity index (χ0v) is 14.5. The third-order valence-corrected chi connectivity index (χ3v) is 3.96. The molecule has 0 aliphatic rings. The predicted octanol–water partition coefficient (Wildman–Crippen LogP) is 4.82. The minimum absolute atomic E-state index is 0.281. The summed E-state index contributed by atoms with van der Waals surface area (Å²) in [6, 6.07) is 11.2. The van der Waals surface area contributed by atoms with E-state index in [1.54, 1.807) is 12.4 Å². The highest BCUT2D eigenvalue weighted by Crippen LogP contribution is 2.33. The van der Waals surface area contributed by atoms with Crippen LogP contribution in [0.2, 0.25) is 0 Å². The summed E-state index contributed by atoms with van der Waals surface area (Å²) < 4.78 is 14.1. The maximum Gasteiger partial charge on any atom is 0.127 e. The summed E-state index contributed by atoms with van der Waals surface area (Å²) in [5.74, 6) is -0.281. The van der Waals surface area contributed by atoms with Crippen LogP contribution in [0.4, 0.5) is 21.5 Å². The lowest BCUT2D eigenvalue weighted by Crippen LogP contribution is -2.14. The van der Waals surface area contributed by atoms with E-state index < -0.39 is 0 Å². The van der Waals surface area contributed by atoms with Crippen molar-refractivity contribution < 1.29 is 4.39 Å². The van der Waals surface area contributed by atoms with Crippen molar-refractivity contribution in [3.05, 3.63) is 53.3 Å². The van der Waals surface area contributed by atoms with E-state index in [1.165, 1.54) is 11.6 Å². The molecule has 0 atom stereocenters. The van der Waals surface area contributed by atoms with Crippen LogP contribution in [0.5, 0.6) is 0 Å². The van der Waals surface area contributed by atoms with Crippen molar-refractivity contribution in [3.8, 4) is 0 Å². The summed E-state index contributed by atoms with van der Waals surface area (Å²) in [6.07, 6.45) is 1.73. The zero-order chi connectivity index (χ0) is 17.0. The van der Waals surface area contributed by atoms with Gasteiger partial charge in [0.05, 0.1) is 12.0 Å². The molecule has 23 heavy (non-hydrogen) atoms. The fourth-order valence-corrected chi connectivity index (χ4v) is 2.35. The summed E-state index contributed by atoms with van der Waals surface area (Å²) in [6.45, 7) is 6.92. The predicted molar refractivity (Wildman–Crippen MR) is 96.8 cm³/mol. The van der Waals surface area contributed by atoms with Crippen molar-refractivity contribution in [2.75, 3.05) is 25.5 Å². The molecule has 0 unspecified atom stereocenters. The molecule has 0 aliphatic heterocycles. The van der Waals surface area contributed by atoms with Crippen LogP contribution < -0.4 is 4.90 Å². The van der Waals surface area contributed by atoms with Gasteiger partial charge in [0.2, 0.25) is 0 Å². The Hall–Kier alpha value is -2.36. The van der Waals surface area contributed by atoms with Crippen molar-refractivity contribution in [1.29, 1.82) is 0 Å². The number of halogens is 1. The minimum Gasteiger partial charge on any atom is -0.366 e. The quantitative estimate of drug-likeness (QED) is 0.582. The van der Waals surface area contributed by atoms with Crippen LogP contribution in [-0.2, 0) is 0 Å². The zero-order valence-electron chi connectivity index (χ0n) is 14.5. The molecule has 0 saturated carbocycles. The molecule has 0 aliphatic carbocycles. The molecule has 0 heterocycles. The van der Waals surface area contributed by atoms with Gasteiger partial charge in [0.25, 0.3) is 0 Å². The van der Waals surface area contributed by atoms with E-state index in [0.29, 0.717) is 5.69 Å². The topological polar surface area (TPSA) is 18.8 Å². The third kappa shape index (κ3) is 4.09. The first-order chi connectivity index (χ1) is 10.9. The molecular weight excluding hydrogens is 289 g/mol. The molecule has 0 spiro atoms. The van der Waals surface area contributed by atoms with Crippen LogP contribution in [-0.4, -0.2) is 31.9 Å². The molecule has 0 saturated heterocycles. The molecule has 0 amide bonds. The van der Waals surface area contributed by atoms with E-state index in [-0.39, 0.29) is 5.82 Å². The van der Waals surface area contributed by atoms with Crippen LogP contribution in [0.15, 0.2) is 41.4 Å². The van der Waals surface area contributed by atoms with Crippen LogP contribution in [0.25, 0.3) is 0 Å². The highest BCUT2D eigenvalue weighted by atomic mass is 19.1. The molecule has 2 rings (SSSR count). The Morgan fingerprint density at radius 1 is 1.13 bits per heavy atom. The van der Waals surface area contributed by atoms with Gasteiger partial charge in [0.1, 0.15) is 5.82 Å². The Morgan fingerprint density at radius 3 is 2.52 bits per heavy atom. The van der Waals surface area contributed by atoms with E-state index in [0.717, 1.165) is 23.5 Å². The molecule has 0 bridgehead atoms. The van der Waals surface area contributed by atoms with Crippen molar-refractivity contribution in [2.24, 2.45) is 4.99 Å². The van der Waals surface area contributed by atoms with Crippen molar-refractivity contribution in [1.82, 2.24) is 4.90 Å². The smallest absolute Gasteiger partial charge is 0.127 e. The van der Waals surface area contributed by atoms with Gasteiger partial charge in [-0.1, -0.05) is 12.1 Å². The first kappa shape index (κ1) is 17.0. The van der Waals surface area contributed by atoms with E-state index in [9.17, 15) is 4.39 Å². The molecule has 3 nitrogen and oxygen atoms in total. The molecule has 2 aromatic rings. The number of anilines is 2. The summed E-state index contributed by atoms with van der Waals surface area (Å²) in [4.78, 5) is 8.37. The lowest BCUT2D eigenvalue weighted by molar-refractivity contribution is 0.552. The lowest BCUT2D eigenvalue weighted by Gasteiger charge is -2.23. The van der Waals surface area contributed by atoms with E-state index in [2.05, 4.69) is 11.1 Å². The van der Waals surface area contributed by atoms with Crippen LogP contribution in [0.1, 0.15) is 18.1 Å². The average molecular weight is 313 g/mol. The molecule has 2 aromatic carbocycles. The monoisotopic (exact) mass is 313 g/mol. The second kappa shape index (κ2) is 7.27. The number of hydrogen-bond acceptors (Lipinski definition) is 2. The second-order valence-corrected chi connectivity index (χ2v) is 5.78. The van der Waals surface area contributed by atoms with Gasteiger partial charge in [0.15, 0.2) is 0 Å². The largest absolute Gasteiger partial charge is 0.366 e. The molecule has 0 radical (unpaired) electrons. The molecule has 122 valence electrons. The van der Waals surface area contributed by atoms with Gasteiger partial charge in [-0.05, 0) is 56.2 Å². The molecule has 0 aromatic heterocycles. The first-order valence-corrected chi connectivity index (χ1v) is 7.77. The first-order valence-electron chi connectivity index (χ1n) is 7.77. The van der Waals surface area contributed by atoms with Gasteiger partial charge in [-0.2, -0.15) is 0 Å². The number of aliphatic imine (C=N–C) groups is 1. The summed E-state index contributed by atoms with van der Waals surface area (Å²) in [5, 5.41) is 0. The Bertz CT molecular complexity index is 710. The maximum absolute atomic E-state index is 14.1. The van der Waals surface area contributed by atoms with Gasteiger partial charge < -0.3 is 9.80 Å². The SMILES string of the molecule is CCN(C)C=Nc1cc(F)cc(N(C)c2cccc(C)c2)c1C. The number of benzene rings is 2. The normalized spacial score (nSPS) is 11.0. The van der Waals surface area contributed by atoms with Crippen molar-refractivity contribution in [2.45, 2.75) is 20.8 Å². The van der Waals surface area contributed by atoms with Gasteiger partial charge >= 0.3 is 0 Å². The molecule has 4 heteroatoms. The number of hydrogen-bond donors (Lipinski definition) is 0. The number of rotatable bonds is 5. The van der Waals surface area contributed by atoms with Gasteiger partial charge in [-0.15, -0.1) is 0 Å². The van der Waals surface area contributed by atoms with Crippen molar-refractivity contribution >= 4 is 23.4 Å².